The highest BCUT2D eigenvalue weighted by atomic mass is 35.5. The van der Waals surface area contributed by atoms with Crippen molar-refractivity contribution in [2.24, 2.45) is 0 Å². The summed E-state index contributed by atoms with van der Waals surface area (Å²) < 4.78 is 0. The number of halogens is 3. The molecule has 0 amide bonds. The van der Waals surface area contributed by atoms with Crippen molar-refractivity contribution in [3.05, 3.63) is 57.3 Å². The van der Waals surface area contributed by atoms with Crippen LogP contribution in [0.2, 0.25) is 15.3 Å². The van der Waals surface area contributed by atoms with Gasteiger partial charge in [-0.15, -0.1) is 0 Å². The Morgan fingerprint density at radius 1 is 1.00 bits per heavy atom. The van der Waals surface area contributed by atoms with Crippen LogP contribution in [0.4, 0.5) is 0 Å². The van der Waals surface area contributed by atoms with Gasteiger partial charge < -0.3 is 0 Å². The molecule has 1 aromatic carbocycles. The Kier molecular flexibility index (Phi) is 4.81. The van der Waals surface area contributed by atoms with Crippen LogP contribution in [0.5, 0.6) is 0 Å². The lowest BCUT2D eigenvalue weighted by Crippen LogP contribution is -1.92. The fraction of sp³-hybridized carbons (Fsp3) is 0.143. The number of aromatic nitrogens is 2. The first-order chi connectivity index (χ1) is 9.11. The Bertz CT molecular complexity index is 584. The predicted octanol–water partition coefficient (Wildman–Crippen LogP) is 5.22. The molecule has 0 spiro atoms. The van der Waals surface area contributed by atoms with Gasteiger partial charge in [-0.3, -0.25) is 0 Å². The topological polar surface area (TPSA) is 25.8 Å². The van der Waals surface area contributed by atoms with Gasteiger partial charge in [0.15, 0.2) is 16.1 Å². The maximum atomic E-state index is 5.89. The first-order valence-electron chi connectivity index (χ1n) is 5.71. The highest BCUT2D eigenvalue weighted by molar-refractivity contribution is 6.46. The van der Waals surface area contributed by atoms with Crippen LogP contribution in [0.1, 0.15) is 12.5 Å². The number of hydrogen-bond acceptors (Lipinski definition) is 2. The van der Waals surface area contributed by atoms with Crippen molar-refractivity contribution in [1.29, 1.82) is 0 Å². The van der Waals surface area contributed by atoms with Crippen LogP contribution in [0.25, 0.3) is 11.4 Å². The second-order valence-electron chi connectivity index (χ2n) is 3.91. The van der Waals surface area contributed by atoms with E-state index in [1.54, 1.807) is 0 Å². The molecule has 0 atom stereocenters. The smallest absolute Gasteiger partial charge is 0.162 e. The van der Waals surface area contributed by atoms with Crippen molar-refractivity contribution in [3.63, 3.8) is 0 Å². The van der Waals surface area contributed by atoms with Gasteiger partial charge in [0.1, 0.15) is 5.02 Å². The van der Waals surface area contributed by atoms with Crippen LogP contribution in [0.3, 0.4) is 0 Å². The molecule has 2 aromatic rings. The van der Waals surface area contributed by atoms with E-state index >= 15 is 0 Å². The molecule has 0 bridgehead atoms. The molecule has 0 saturated heterocycles. The molecule has 1 heterocycles. The second-order valence-corrected chi connectivity index (χ2v) is 5.01. The Balaban J connectivity index is 2.32. The molecule has 1 aromatic heterocycles. The van der Waals surface area contributed by atoms with E-state index in [4.69, 9.17) is 34.8 Å². The number of nitrogens with zero attached hydrogens (tertiary/aromatic N) is 2. The molecule has 19 heavy (non-hydrogen) atoms. The van der Waals surface area contributed by atoms with E-state index < -0.39 is 0 Å². The molecule has 98 valence electrons. The first-order valence-corrected chi connectivity index (χ1v) is 6.84. The van der Waals surface area contributed by atoms with Crippen LogP contribution in [0, 0.1) is 0 Å². The number of benzene rings is 1. The number of allylic oxidation sites excluding steroid dienone is 2. The quantitative estimate of drug-likeness (QED) is 0.573. The molecule has 0 aliphatic heterocycles. The summed E-state index contributed by atoms with van der Waals surface area (Å²) in [5, 5.41) is 0.501. The van der Waals surface area contributed by atoms with Crippen molar-refractivity contribution < 1.29 is 0 Å². The van der Waals surface area contributed by atoms with Gasteiger partial charge >= 0.3 is 0 Å². The number of rotatable bonds is 3. The maximum Gasteiger partial charge on any atom is 0.162 e. The standard InChI is InChI=1S/C14H11Cl3N2/c1-2-3-4-9-5-7-10(8-6-9)14-18-12(16)11(15)13(17)19-14/h2-3,5-8H,4H2,1H3. The van der Waals surface area contributed by atoms with E-state index in [1.165, 1.54) is 5.56 Å². The molecular formula is C14H11Cl3N2. The molecule has 0 saturated carbocycles. The van der Waals surface area contributed by atoms with Crippen molar-refractivity contribution in [3.8, 4) is 11.4 Å². The van der Waals surface area contributed by atoms with Gasteiger partial charge in [-0.25, -0.2) is 9.97 Å². The molecule has 0 aliphatic carbocycles. The summed E-state index contributed by atoms with van der Waals surface area (Å²) >= 11 is 17.6. The summed E-state index contributed by atoms with van der Waals surface area (Å²) in [5.74, 6) is 0.469. The summed E-state index contributed by atoms with van der Waals surface area (Å²) in [5.41, 5.74) is 2.07. The van der Waals surface area contributed by atoms with Gasteiger partial charge in [0, 0.05) is 5.56 Å². The summed E-state index contributed by atoms with van der Waals surface area (Å²) in [6, 6.07) is 7.92. The third-order valence-electron chi connectivity index (χ3n) is 2.57. The molecule has 0 aliphatic rings. The van der Waals surface area contributed by atoms with E-state index in [-0.39, 0.29) is 15.3 Å². The van der Waals surface area contributed by atoms with Gasteiger partial charge in [-0.2, -0.15) is 0 Å². The largest absolute Gasteiger partial charge is 0.215 e. The Morgan fingerprint density at radius 2 is 1.58 bits per heavy atom. The minimum atomic E-state index is 0.162. The molecule has 0 unspecified atom stereocenters. The molecule has 0 N–H and O–H groups in total. The summed E-state index contributed by atoms with van der Waals surface area (Å²) in [6.45, 7) is 2.00. The normalized spacial score (nSPS) is 11.2. The van der Waals surface area contributed by atoms with Crippen molar-refractivity contribution in [2.45, 2.75) is 13.3 Å². The lowest BCUT2D eigenvalue weighted by molar-refractivity contribution is 1.17. The Morgan fingerprint density at radius 3 is 2.11 bits per heavy atom. The van der Waals surface area contributed by atoms with Crippen molar-refractivity contribution in [1.82, 2.24) is 9.97 Å². The van der Waals surface area contributed by atoms with E-state index in [0.29, 0.717) is 5.82 Å². The third-order valence-corrected chi connectivity index (χ3v) is 3.67. The zero-order valence-electron chi connectivity index (χ0n) is 10.2. The highest BCUT2D eigenvalue weighted by Crippen LogP contribution is 2.29. The second kappa shape index (κ2) is 6.38. The van der Waals surface area contributed by atoms with Crippen LogP contribution < -0.4 is 0 Å². The molecule has 0 radical (unpaired) electrons. The molecule has 0 fully saturated rings. The summed E-state index contributed by atoms with van der Waals surface area (Å²) in [4.78, 5) is 8.24. The zero-order valence-corrected chi connectivity index (χ0v) is 12.5. The van der Waals surface area contributed by atoms with E-state index in [2.05, 4.69) is 16.0 Å². The minimum Gasteiger partial charge on any atom is -0.215 e. The van der Waals surface area contributed by atoms with Gasteiger partial charge in [-0.05, 0) is 18.9 Å². The molecule has 5 heteroatoms. The molecule has 2 nitrogen and oxygen atoms in total. The average Bonchev–Trinajstić information content (AvgIpc) is 2.42. The molecular weight excluding hydrogens is 303 g/mol. The predicted molar refractivity (Wildman–Crippen MR) is 81.0 cm³/mol. The van der Waals surface area contributed by atoms with Gasteiger partial charge in [0.25, 0.3) is 0 Å². The number of hydrogen-bond donors (Lipinski definition) is 0. The van der Waals surface area contributed by atoms with Crippen LogP contribution in [-0.4, -0.2) is 9.97 Å². The Labute approximate surface area is 127 Å². The third kappa shape index (κ3) is 3.47. The fourth-order valence-corrected chi connectivity index (χ4v) is 2.04. The van der Waals surface area contributed by atoms with Crippen molar-refractivity contribution in [2.75, 3.05) is 0 Å². The van der Waals surface area contributed by atoms with E-state index in [0.717, 1.165) is 12.0 Å². The van der Waals surface area contributed by atoms with E-state index in [1.807, 2.05) is 37.3 Å². The lowest BCUT2D eigenvalue weighted by Gasteiger charge is -2.04. The van der Waals surface area contributed by atoms with E-state index in [9.17, 15) is 0 Å². The maximum absolute atomic E-state index is 5.89. The molecule has 2 rings (SSSR count). The van der Waals surface area contributed by atoms with Crippen LogP contribution in [-0.2, 0) is 6.42 Å². The fourth-order valence-electron chi connectivity index (χ4n) is 1.57. The summed E-state index contributed by atoms with van der Waals surface area (Å²) in [6.07, 6.45) is 5.02. The minimum absolute atomic E-state index is 0.162. The highest BCUT2D eigenvalue weighted by Gasteiger charge is 2.10. The van der Waals surface area contributed by atoms with Crippen LogP contribution >= 0.6 is 34.8 Å². The Hall–Kier alpha value is -1.09. The first kappa shape index (κ1) is 14.3. The monoisotopic (exact) mass is 312 g/mol. The zero-order chi connectivity index (χ0) is 13.8. The SMILES string of the molecule is CC=CCc1ccc(-c2nc(Cl)c(Cl)c(Cl)n2)cc1. The van der Waals surface area contributed by atoms with Gasteiger partial charge in [-0.1, -0.05) is 71.2 Å². The lowest BCUT2D eigenvalue weighted by atomic mass is 10.1. The van der Waals surface area contributed by atoms with Crippen molar-refractivity contribution >= 4 is 34.8 Å². The summed E-state index contributed by atoms with van der Waals surface area (Å²) in [7, 11) is 0. The average molecular weight is 314 g/mol. The van der Waals surface area contributed by atoms with Gasteiger partial charge in [0.05, 0.1) is 0 Å². The van der Waals surface area contributed by atoms with Crippen LogP contribution in [0.15, 0.2) is 36.4 Å². The van der Waals surface area contributed by atoms with Gasteiger partial charge in [0.2, 0.25) is 0 Å².